The summed E-state index contributed by atoms with van der Waals surface area (Å²) in [5, 5.41) is 5.54. The maximum atomic E-state index is 5.83. The van der Waals surface area contributed by atoms with Gasteiger partial charge in [-0.25, -0.2) is 0 Å². The average Bonchev–Trinajstić information content (AvgIpc) is 2.35. The van der Waals surface area contributed by atoms with E-state index in [1.807, 2.05) is 37.7 Å². The molecule has 0 aliphatic heterocycles. The van der Waals surface area contributed by atoms with Crippen LogP contribution in [0.4, 0.5) is 5.69 Å². The average molecular weight is 175 g/mol. The van der Waals surface area contributed by atoms with E-state index in [1.54, 1.807) is 0 Å². The van der Waals surface area contributed by atoms with E-state index < -0.39 is 0 Å². The van der Waals surface area contributed by atoms with Gasteiger partial charge in [0.15, 0.2) is 0 Å². The van der Waals surface area contributed by atoms with Gasteiger partial charge in [-0.2, -0.15) is 5.10 Å². The molecule has 0 unspecified atom stereocenters. The Morgan fingerprint density at radius 2 is 2.00 bits per heavy atom. The monoisotopic (exact) mass is 175 g/mol. The Morgan fingerprint density at radius 1 is 1.31 bits per heavy atom. The number of rotatable bonds is 0. The fourth-order valence-corrected chi connectivity index (χ4v) is 1.77. The van der Waals surface area contributed by atoms with Crippen LogP contribution in [0.1, 0.15) is 11.3 Å². The third-order valence-electron chi connectivity index (χ3n) is 2.50. The number of aromatic nitrogens is 2. The first kappa shape index (κ1) is 8.10. The number of nitrogens with two attached hydrogens (primary N) is 1. The maximum Gasteiger partial charge on any atom is 0.0686 e. The predicted molar refractivity (Wildman–Crippen MR) is 54.6 cm³/mol. The number of aryl methyl sites for hydroxylation is 3. The molecule has 1 aromatic heterocycles. The highest BCUT2D eigenvalue weighted by Gasteiger charge is 2.08. The van der Waals surface area contributed by atoms with Crippen molar-refractivity contribution in [3.05, 3.63) is 23.4 Å². The van der Waals surface area contributed by atoms with Crippen LogP contribution in [-0.4, -0.2) is 9.78 Å². The maximum absolute atomic E-state index is 5.83. The van der Waals surface area contributed by atoms with Crippen molar-refractivity contribution in [1.82, 2.24) is 9.78 Å². The molecule has 0 spiro atoms. The number of benzene rings is 1. The number of hydrogen-bond donors (Lipinski definition) is 1. The molecule has 2 N–H and O–H groups in total. The summed E-state index contributed by atoms with van der Waals surface area (Å²) in [7, 11) is 1.95. The van der Waals surface area contributed by atoms with Crippen LogP contribution < -0.4 is 5.73 Å². The van der Waals surface area contributed by atoms with Crippen LogP contribution in [0.15, 0.2) is 12.1 Å². The summed E-state index contributed by atoms with van der Waals surface area (Å²) >= 11 is 0. The van der Waals surface area contributed by atoms with E-state index in [-0.39, 0.29) is 0 Å². The molecule has 1 heterocycles. The zero-order valence-corrected chi connectivity index (χ0v) is 8.13. The summed E-state index contributed by atoms with van der Waals surface area (Å²) in [6.45, 7) is 4.04. The van der Waals surface area contributed by atoms with E-state index >= 15 is 0 Å². The van der Waals surface area contributed by atoms with E-state index in [9.17, 15) is 0 Å². The molecule has 3 heteroatoms. The van der Waals surface area contributed by atoms with Gasteiger partial charge in [0.05, 0.1) is 11.2 Å². The summed E-state index contributed by atoms with van der Waals surface area (Å²) in [5.74, 6) is 0. The van der Waals surface area contributed by atoms with E-state index in [0.29, 0.717) is 0 Å². The Kier molecular flexibility index (Phi) is 1.55. The van der Waals surface area contributed by atoms with Crippen molar-refractivity contribution in [1.29, 1.82) is 0 Å². The van der Waals surface area contributed by atoms with Gasteiger partial charge in [-0.05, 0) is 31.5 Å². The minimum Gasteiger partial charge on any atom is -0.398 e. The van der Waals surface area contributed by atoms with E-state index in [4.69, 9.17) is 5.73 Å². The van der Waals surface area contributed by atoms with Crippen LogP contribution in [0.25, 0.3) is 10.9 Å². The molecule has 0 aliphatic rings. The number of anilines is 1. The van der Waals surface area contributed by atoms with Gasteiger partial charge in [-0.3, -0.25) is 4.68 Å². The van der Waals surface area contributed by atoms with E-state index in [0.717, 1.165) is 22.5 Å². The Morgan fingerprint density at radius 3 is 2.69 bits per heavy atom. The fraction of sp³-hybridized carbons (Fsp3) is 0.300. The molecule has 0 aliphatic carbocycles. The van der Waals surface area contributed by atoms with Crippen molar-refractivity contribution in [2.45, 2.75) is 13.8 Å². The van der Waals surface area contributed by atoms with Gasteiger partial charge >= 0.3 is 0 Å². The molecule has 0 fully saturated rings. The molecular formula is C10H13N3. The van der Waals surface area contributed by atoms with Gasteiger partial charge in [0.1, 0.15) is 0 Å². The van der Waals surface area contributed by atoms with Gasteiger partial charge in [0.25, 0.3) is 0 Å². The highest BCUT2D eigenvalue weighted by molar-refractivity contribution is 5.89. The molecular weight excluding hydrogens is 162 g/mol. The lowest BCUT2D eigenvalue weighted by Gasteiger charge is -2.01. The van der Waals surface area contributed by atoms with Gasteiger partial charge in [0.2, 0.25) is 0 Å². The van der Waals surface area contributed by atoms with E-state index in [1.165, 1.54) is 5.39 Å². The summed E-state index contributed by atoms with van der Waals surface area (Å²) in [4.78, 5) is 0. The van der Waals surface area contributed by atoms with Crippen LogP contribution in [0.2, 0.25) is 0 Å². The van der Waals surface area contributed by atoms with Gasteiger partial charge in [-0.15, -0.1) is 0 Å². The largest absolute Gasteiger partial charge is 0.398 e. The zero-order chi connectivity index (χ0) is 9.59. The molecule has 0 amide bonds. The molecule has 2 rings (SSSR count). The fourth-order valence-electron chi connectivity index (χ4n) is 1.77. The van der Waals surface area contributed by atoms with Crippen LogP contribution in [0.5, 0.6) is 0 Å². The van der Waals surface area contributed by atoms with E-state index in [2.05, 4.69) is 5.10 Å². The second-order valence-electron chi connectivity index (χ2n) is 3.38. The SMILES string of the molecule is Cc1nn(C)c2ccc(N)c(C)c12. The lowest BCUT2D eigenvalue weighted by atomic mass is 10.1. The molecule has 1 aromatic carbocycles. The quantitative estimate of drug-likeness (QED) is 0.620. The van der Waals surface area contributed by atoms with Gasteiger partial charge < -0.3 is 5.73 Å². The van der Waals surface area contributed by atoms with Crippen LogP contribution in [0.3, 0.4) is 0 Å². The van der Waals surface area contributed by atoms with Crippen LogP contribution in [-0.2, 0) is 7.05 Å². The second kappa shape index (κ2) is 2.49. The minimum atomic E-state index is 0.837. The van der Waals surface area contributed by atoms with Crippen LogP contribution in [0, 0.1) is 13.8 Å². The molecule has 0 atom stereocenters. The normalized spacial score (nSPS) is 11.0. The number of hydrogen-bond acceptors (Lipinski definition) is 2. The third-order valence-corrected chi connectivity index (χ3v) is 2.50. The molecule has 68 valence electrons. The standard InChI is InChI=1S/C10H13N3/c1-6-8(11)4-5-9-10(6)7(2)12-13(9)3/h4-5H,11H2,1-3H3. The summed E-state index contributed by atoms with van der Waals surface area (Å²) in [5.41, 5.74) is 9.98. The molecule has 0 saturated carbocycles. The summed E-state index contributed by atoms with van der Waals surface area (Å²) < 4.78 is 1.89. The Hall–Kier alpha value is -1.51. The smallest absolute Gasteiger partial charge is 0.0686 e. The van der Waals surface area contributed by atoms with Crippen molar-refractivity contribution in [3.63, 3.8) is 0 Å². The number of fused-ring (bicyclic) bond motifs is 1. The minimum absolute atomic E-state index is 0.837. The first-order valence-corrected chi connectivity index (χ1v) is 4.29. The number of nitrogens with zero attached hydrogens (tertiary/aromatic N) is 2. The second-order valence-corrected chi connectivity index (χ2v) is 3.38. The highest BCUT2D eigenvalue weighted by atomic mass is 15.3. The molecule has 0 radical (unpaired) electrons. The lowest BCUT2D eigenvalue weighted by Crippen LogP contribution is -1.91. The first-order chi connectivity index (χ1) is 6.11. The summed E-state index contributed by atoms with van der Waals surface area (Å²) in [6, 6.07) is 3.94. The van der Waals surface area contributed by atoms with Crippen molar-refractivity contribution < 1.29 is 0 Å². The predicted octanol–water partition coefficient (Wildman–Crippen LogP) is 1.77. The number of nitrogen functional groups attached to an aromatic ring is 1. The Bertz CT molecular complexity index is 468. The Labute approximate surface area is 77.2 Å². The molecule has 3 nitrogen and oxygen atoms in total. The van der Waals surface area contributed by atoms with Crippen molar-refractivity contribution >= 4 is 16.6 Å². The van der Waals surface area contributed by atoms with Crippen molar-refractivity contribution in [3.8, 4) is 0 Å². The molecule has 0 saturated heterocycles. The molecule has 0 bridgehead atoms. The zero-order valence-electron chi connectivity index (χ0n) is 8.13. The third kappa shape index (κ3) is 1.00. The van der Waals surface area contributed by atoms with Crippen LogP contribution >= 0.6 is 0 Å². The molecule has 2 aromatic rings. The highest BCUT2D eigenvalue weighted by Crippen LogP contribution is 2.25. The topological polar surface area (TPSA) is 43.8 Å². The lowest BCUT2D eigenvalue weighted by molar-refractivity contribution is 0.783. The van der Waals surface area contributed by atoms with Gasteiger partial charge in [0, 0.05) is 18.1 Å². The Balaban J connectivity index is 2.98. The van der Waals surface area contributed by atoms with Crippen molar-refractivity contribution in [2.75, 3.05) is 5.73 Å². The molecule has 13 heavy (non-hydrogen) atoms. The summed E-state index contributed by atoms with van der Waals surface area (Å²) in [6.07, 6.45) is 0. The van der Waals surface area contributed by atoms with Gasteiger partial charge in [-0.1, -0.05) is 0 Å². The van der Waals surface area contributed by atoms with Crippen molar-refractivity contribution in [2.24, 2.45) is 7.05 Å². The first-order valence-electron chi connectivity index (χ1n) is 4.29.